The van der Waals surface area contributed by atoms with E-state index in [-0.39, 0.29) is 24.4 Å². The van der Waals surface area contributed by atoms with E-state index in [9.17, 15) is 18.0 Å². The van der Waals surface area contributed by atoms with Gasteiger partial charge in [0.15, 0.2) is 16.8 Å². The van der Waals surface area contributed by atoms with Crippen LogP contribution in [0.1, 0.15) is 36.6 Å². The van der Waals surface area contributed by atoms with E-state index >= 15 is 0 Å². The molecule has 0 aliphatic carbocycles. The van der Waals surface area contributed by atoms with Crippen molar-refractivity contribution in [2.45, 2.75) is 32.7 Å². The average molecular weight is 371 g/mol. The largest absolute Gasteiger partial charge is 0.365 e. The highest BCUT2D eigenvalue weighted by molar-refractivity contribution is 7.15. The highest BCUT2D eigenvalue weighted by Gasteiger charge is 2.33. The third-order valence-corrected chi connectivity index (χ3v) is 4.79. The van der Waals surface area contributed by atoms with Crippen molar-refractivity contribution >= 4 is 22.4 Å². The van der Waals surface area contributed by atoms with Crippen molar-refractivity contribution in [3.8, 4) is 0 Å². The van der Waals surface area contributed by atoms with Crippen LogP contribution in [-0.2, 0) is 11.3 Å². The van der Waals surface area contributed by atoms with Gasteiger partial charge in [-0.3, -0.25) is 4.79 Å². The Labute approximate surface area is 148 Å². The molecule has 1 aromatic carbocycles. The summed E-state index contributed by atoms with van der Waals surface area (Å²) in [4.78, 5) is 18.7. The molecule has 0 spiro atoms. The molecule has 4 nitrogen and oxygen atoms in total. The predicted octanol–water partition coefficient (Wildman–Crippen LogP) is 4.14. The lowest BCUT2D eigenvalue weighted by molar-refractivity contribution is -0.128. The van der Waals surface area contributed by atoms with Gasteiger partial charge in [0.1, 0.15) is 5.82 Å². The number of thiazole rings is 1. The first-order valence-corrected chi connectivity index (χ1v) is 8.84. The molecule has 1 amide bonds. The molecule has 2 aromatic rings. The first-order valence-electron chi connectivity index (χ1n) is 8.02. The van der Waals surface area contributed by atoms with Gasteiger partial charge in [-0.15, -0.1) is 11.3 Å². The molecule has 1 saturated heterocycles. The molecule has 1 aliphatic rings. The van der Waals surface area contributed by atoms with Crippen molar-refractivity contribution in [3.05, 3.63) is 46.2 Å². The number of likely N-dealkylation sites (tertiary alicyclic amines) is 1. The summed E-state index contributed by atoms with van der Waals surface area (Å²) in [5, 5.41) is 3.65. The van der Waals surface area contributed by atoms with Gasteiger partial charge in [-0.2, -0.15) is 0 Å². The van der Waals surface area contributed by atoms with E-state index in [1.807, 2.05) is 13.8 Å². The quantitative estimate of drug-likeness (QED) is 0.822. The summed E-state index contributed by atoms with van der Waals surface area (Å²) < 4.78 is 40.6. The first kappa shape index (κ1) is 19.2. The van der Waals surface area contributed by atoms with E-state index in [0.29, 0.717) is 12.6 Å². The zero-order valence-electron chi connectivity index (χ0n) is 14.3. The summed E-state index contributed by atoms with van der Waals surface area (Å²) in [6.45, 7) is 4.58. The number of halogens is 3. The minimum Gasteiger partial charge on any atom is -0.365 e. The van der Waals surface area contributed by atoms with Crippen molar-refractivity contribution in [3.63, 3.8) is 0 Å². The van der Waals surface area contributed by atoms with E-state index in [1.165, 1.54) is 11.3 Å². The van der Waals surface area contributed by atoms with Crippen molar-refractivity contribution in [2.75, 3.05) is 18.9 Å². The zero-order valence-corrected chi connectivity index (χ0v) is 15.1. The zero-order chi connectivity index (χ0) is 18.6. The Morgan fingerprint density at radius 3 is 2.68 bits per heavy atom. The molecule has 8 heteroatoms. The molecule has 2 heterocycles. The maximum atomic E-state index is 13.9. The van der Waals surface area contributed by atoms with Crippen LogP contribution in [0.3, 0.4) is 0 Å². The number of rotatable bonds is 4. The van der Waals surface area contributed by atoms with Crippen LogP contribution in [0.25, 0.3) is 0 Å². The maximum absolute atomic E-state index is 13.9. The normalized spacial score (nSPS) is 16.6. The van der Waals surface area contributed by atoms with Crippen molar-refractivity contribution in [1.82, 2.24) is 9.88 Å². The molecule has 1 N–H and O–H groups in total. The fourth-order valence-electron chi connectivity index (χ4n) is 2.69. The van der Waals surface area contributed by atoms with Crippen LogP contribution in [0, 0.1) is 17.5 Å². The molecule has 1 atom stereocenters. The number of amides is 1. The second-order valence-electron chi connectivity index (χ2n) is 5.35. The molecule has 1 aromatic heterocycles. The number of nitrogens with one attached hydrogen (secondary N) is 1. The number of carbonyl (C=O) groups excluding carboxylic acids is 1. The Morgan fingerprint density at radius 2 is 2.04 bits per heavy atom. The van der Waals surface area contributed by atoms with Gasteiger partial charge in [-0.1, -0.05) is 13.8 Å². The number of anilines is 1. The number of carbonyl (C=O) groups is 1. The highest BCUT2D eigenvalue weighted by atomic mass is 32.1. The lowest BCUT2D eigenvalue weighted by atomic mass is 9.97. The molecule has 1 unspecified atom stereocenters. The number of aromatic nitrogens is 1. The van der Waals surface area contributed by atoms with Gasteiger partial charge in [0.05, 0.1) is 6.54 Å². The van der Waals surface area contributed by atoms with E-state index < -0.39 is 23.4 Å². The third-order valence-electron chi connectivity index (χ3n) is 3.79. The van der Waals surface area contributed by atoms with Crippen LogP contribution in [0.15, 0.2) is 18.3 Å². The first-order chi connectivity index (χ1) is 12.0. The molecule has 0 bridgehead atoms. The molecule has 1 aliphatic heterocycles. The number of nitrogens with zero attached hydrogens (tertiary/aromatic N) is 2. The highest BCUT2D eigenvalue weighted by Crippen LogP contribution is 2.33. The topological polar surface area (TPSA) is 45.2 Å². The van der Waals surface area contributed by atoms with Gasteiger partial charge >= 0.3 is 0 Å². The van der Waals surface area contributed by atoms with Crippen LogP contribution >= 0.6 is 11.3 Å². The minimum absolute atomic E-state index is 0.0392. The lowest BCUT2D eigenvalue weighted by Crippen LogP contribution is -2.24. The Hall–Kier alpha value is -2.09. The van der Waals surface area contributed by atoms with Gasteiger partial charge in [0.25, 0.3) is 0 Å². The van der Waals surface area contributed by atoms with Gasteiger partial charge in [-0.05, 0) is 11.6 Å². The molecule has 0 radical (unpaired) electrons. The lowest BCUT2D eigenvalue weighted by Gasteiger charge is -2.16. The van der Waals surface area contributed by atoms with Gasteiger partial charge in [-0.25, -0.2) is 18.2 Å². The van der Waals surface area contributed by atoms with Crippen LogP contribution in [0.2, 0.25) is 0 Å². The smallest absolute Gasteiger partial charge is 0.223 e. The summed E-state index contributed by atoms with van der Waals surface area (Å²) in [6.07, 6.45) is 1.71. The van der Waals surface area contributed by atoms with Crippen molar-refractivity contribution in [1.29, 1.82) is 0 Å². The summed E-state index contributed by atoms with van der Waals surface area (Å²) >= 11 is 1.42. The summed E-state index contributed by atoms with van der Waals surface area (Å²) in [5.74, 6) is -3.87. The minimum atomic E-state index is -1.23. The van der Waals surface area contributed by atoms with Gasteiger partial charge < -0.3 is 10.2 Å². The van der Waals surface area contributed by atoms with Crippen LogP contribution < -0.4 is 5.32 Å². The Balaban J connectivity index is 0.00000109. The molecule has 1 fully saturated rings. The van der Waals surface area contributed by atoms with E-state index in [2.05, 4.69) is 10.3 Å². The predicted molar refractivity (Wildman–Crippen MR) is 92.1 cm³/mol. The molecular formula is C17H20F3N3OS. The Bertz CT molecular complexity index is 751. The molecule has 0 saturated carbocycles. The summed E-state index contributed by atoms with van der Waals surface area (Å²) in [7, 11) is 1.75. The van der Waals surface area contributed by atoms with Crippen molar-refractivity contribution < 1.29 is 18.0 Å². The molecular weight excluding hydrogens is 351 g/mol. The maximum Gasteiger partial charge on any atom is 0.223 e. The van der Waals surface area contributed by atoms with Crippen LogP contribution in [0.4, 0.5) is 18.3 Å². The second kappa shape index (κ2) is 8.33. The molecule has 136 valence electrons. The fraction of sp³-hybridized carbons (Fsp3) is 0.412. The summed E-state index contributed by atoms with van der Waals surface area (Å²) in [6, 6.07) is 1.47. The van der Waals surface area contributed by atoms with E-state index in [4.69, 9.17) is 0 Å². The standard InChI is InChI=1S/C15H14F3N3OS.C2H6/c1-19-15-20-5-10(23-15)7-21-6-8(2-13(21)22)11-3-9(16)4-12(17)14(11)18;1-2/h3-5,8H,2,6-7H2,1H3,(H,19,20);1-2H3. The molecule has 3 rings (SSSR count). The second-order valence-corrected chi connectivity index (χ2v) is 6.46. The Morgan fingerprint density at radius 1 is 1.32 bits per heavy atom. The Kier molecular flexibility index (Phi) is 6.41. The van der Waals surface area contributed by atoms with Gasteiger partial charge in [0, 0.05) is 43.1 Å². The van der Waals surface area contributed by atoms with Crippen LogP contribution in [0.5, 0.6) is 0 Å². The van der Waals surface area contributed by atoms with E-state index in [0.717, 1.165) is 16.1 Å². The number of hydrogen-bond donors (Lipinski definition) is 1. The number of hydrogen-bond acceptors (Lipinski definition) is 4. The monoisotopic (exact) mass is 371 g/mol. The van der Waals surface area contributed by atoms with E-state index in [1.54, 1.807) is 18.1 Å². The SMILES string of the molecule is CC.CNc1ncc(CN2CC(c3cc(F)cc(F)c3F)CC2=O)s1. The van der Waals surface area contributed by atoms with Crippen molar-refractivity contribution in [2.24, 2.45) is 0 Å². The van der Waals surface area contributed by atoms with Gasteiger partial charge in [0.2, 0.25) is 5.91 Å². The van der Waals surface area contributed by atoms with Crippen LogP contribution in [-0.4, -0.2) is 29.4 Å². The average Bonchev–Trinajstić information content (AvgIpc) is 3.20. The third kappa shape index (κ3) is 4.31. The number of benzene rings is 1. The summed E-state index contributed by atoms with van der Waals surface area (Å²) in [5.41, 5.74) is -0.0847. The molecule has 25 heavy (non-hydrogen) atoms. The fourth-order valence-corrected chi connectivity index (χ4v) is 3.47.